The monoisotopic (exact) mass is 359 g/mol. The number of nitrogen functional groups attached to an aromatic ring is 1. The van der Waals surface area contributed by atoms with E-state index < -0.39 is 20.9 Å². The van der Waals surface area contributed by atoms with Gasteiger partial charge in [-0.05, 0) is 52.7 Å². The third-order valence-corrected chi connectivity index (χ3v) is 4.53. The number of anilines is 2. The minimum atomic E-state index is -4.12. The molecule has 0 atom stereocenters. The molecule has 0 fully saturated rings. The summed E-state index contributed by atoms with van der Waals surface area (Å²) in [7, 11) is -4.12. The van der Waals surface area contributed by atoms with Crippen molar-refractivity contribution in [3.05, 3.63) is 46.3 Å². The van der Waals surface area contributed by atoms with Gasteiger partial charge in [0.2, 0.25) is 5.03 Å². The lowest BCUT2D eigenvalue weighted by molar-refractivity contribution is 0.557. The lowest BCUT2D eigenvalue weighted by Crippen LogP contribution is -2.16. The van der Waals surface area contributed by atoms with Crippen LogP contribution in [0.1, 0.15) is 5.56 Å². The maximum Gasteiger partial charge on any atom is 0.282 e. The summed E-state index contributed by atoms with van der Waals surface area (Å²) in [5.74, 6) is -0.920. The topological polar surface area (TPSA) is 85.1 Å². The van der Waals surface area contributed by atoms with Gasteiger partial charge < -0.3 is 5.73 Å². The highest BCUT2D eigenvalue weighted by molar-refractivity contribution is 9.10. The quantitative estimate of drug-likeness (QED) is 0.825. The van der Waals surface area contributed by atoms with Crippen LogP contribution >= 0.6 is 15.9 Å². The van der Waals surface area contributed by atoms with Crippen molar-refractivity contribution in [1.29, 1.82) is 0 Å². The minimum Gasteiger partial charge on any atom is -0.398 e. The van der Waals surface area contributed by atoms with Crippen molar-refractivity contribution in [2.24, 2.45) is 0 Å². The van der Waals surface area contributed by atoms with Crippen molar-refractivity contribution in [2.45, 2.75) is 11.9 Å². The van der Waals surface area contributed by atoms with Gasteiger partial charge >= 0.3 is 0 Å². The molecule has 0 amide bonds. The first-order chi connectivity index (χ1) is 9.31. The van der Waals surface area contributed by atoms with E-state index in [0.29, 0.717) is 10.2 Å². The molecule has 20 heavy (non-hydrogen) atoms. The van der Waals surface area contributed by atoms with E-state index in [4.69, 9.17) is 5.73 Å². The summed E-state index contributed by atoms with van der Waals surface area (Å²) in [6.45, 7) is 1.79. The Balaban J connectivity index is 2.44. The summed E-state index contributed by atoms with van der Waals surface area (Å²) in [4.78, 5) is 3.54. The van der Waals surface area contributed by atoms with Gasteiger partial charge in [0.05, 0.1) is 5.69 Å². The summed E-state index contributed by atoms with van der Waals surface area (Å²) in [5.41, 5.74) is 7.17. The molecule has 0 aliphatic rings. The van der Waals surface area contributed by atoms with Crippen molar-refractivity contribution in [3.63, 3.8) is 0 Å². The van der Waals surface area contributed by atoms with E-state index >= 15 is 0 Å². The number of sulfonamides is 1. The van der Waals surface area contributed by atoms with Gasteiger partial charge in [0.1, 0.15) is 0 Å². The summed E-state index contributed by atoms with van der Waals surface area (Å²) >= 11 is 3.23. The second-order valence-electron chi connectivity index (χ2n) is 4.08. The van der Waals surface area contributed by atoms with Crippen molar-refractivity contribution in [1.82, 2.24) is 4.98 Å². The number of rotatable bonds is 3. The first-order valence-electron chi connectivity index (χ1n) is 5.50. The molecule has 1 aromatic carbocycles. The number of hydrogen-bond donors (Lipinski definition) is 2. The number of hydrogen-bond acceptors (Lipinski definition) is 4. The fraction of sp³-hybridized carbons (Fsp3) is 0.0833. The molecule has 0 aliphatic carbocycles. The number of aryl methyl sites for hydroxylation is 1. The smallest absolute Gasteiger partial charge is 0.282 e. The van der Waals surface area contributed by atoms with E-state index in [9.17, 15) is 12.8 Å². The van der Waals surface area contributed by atoms with Gasteiger partial charge in [-0.2, -0.15) is 8.42 Å². The Kier molecular flexibility index (Phi) is 3.96. The molecular weight excluding hydrogens is 349 g/mol. The van der Waals surface area contributed by atoms with Crippen LogP contribution in [0.4, 0.5) is 15.8 Å². The van der Waals surface area contributed by atoms with Crippen LogP contribution < -0.4 is 10.5 Å². The van der Waals surface area contributed by atoms with Crippen molar-refractivity contribution >= 4 is 37.3 Å². The maximum absolute atomic E-state index is 13.5. The first-order valence-corrected chi connectivity index (χ1v) is 7.78. The van der Waals surface area contributed by atoms with E-state index in [0.717, 1.165) is 11.6 Å². The highest BCUT2D eigenvalue weighted by atomic mass is 79.9. The van der Waals surface area contributed by atoms with E-state index in [1.54, 1.807) is 13.0 Å². The first kappa shape index (κ1) is 14.7. The summed E-state index contributed by atoms with van der Waals surface area (Å²) in [6, 6.07) is 5.47. The second kappa shape index (κ2) is 5.37. The van der Waals surface area contributed by atoms with E-state index in [-0.39, 0.29) is 5.69 Å². The summed E-state index contributed by atoms with van der Waals surface area (Å²) in [5, 5.41) is -0.661. The highest BCUT2D eigenvalue weighted by Crippen LogP contribution is 2.29. The molecule has 0 saturated heterocycles. The molecule has 106 valence electrons. The van der Waals surface area contributed by atoms with E-state index in [1.165, 1.54) is 18.3 Å². The zero-order valence-corrected chi connectivity index (χ0v) is 12.8. The minimum absolute atomic E-state index is 0.221. The van der Waals surface area contributed by atoms with Crippen LogP contribution in [0, 0.1) is 12.7 Å². The average Bonchev–Trinajstić information content (AvgIpc) is 2.36. The summed E-state index contributed by atoms with van der Waals surface area (Å²) < 4.78 is 40.5. The highest BCUT2D eigenvalue weighted by Gasteiger charge is 2.21. The number of nitrogens with zero attached hydrogens (tertiary/aromatic N) is 1. The molecule has 0 unspecified atom stereocenters. The average molecular weight is 360 g/mol. The number of aromatic nitrogens is 1. The normalized spacial score (nSPS) is 11.3. The van der Waals surface area contributed by atoms with Gasteiger partial charge in [0, 0.05) is 16.4 Å². The van der Waals surface area contributed by atoms with Crippen LogP contribution in [0.2, 0.25) is 0 Å². The summed E-state index contributed by atoms with van der Waals surface area (Å²) in [6.07, 6.45) is 1.20. The SMILES string of the molecule is Cc1cc(Br)c(NS(=O)(=O)c2ncccc2F)cc1N. The molecule has 8 heteroatoms. The Bertz CT molecular complexity index is 765. The van der Waals surface area contributed by atoms with E-state index in [1.807, 2.05) is 0 Å². The zero-order chi connectivity index (χ0) is 14.9. The fourth-order valence-corrected chi connectivity index (χ4v) is 3.30. The molecule has 0 bridgehead atoms. The number of pyridine rings is 1. The number of nitrogens with two attached hydrogens (primary N) is 1. The van der Waals surface area contributed by atoms with Crippen molar-refractivity contribution < 1.29 is 12.8 Å². The molecule has 5 nitrogen and oxygen atoms in total. The van der Waals surface area contributed by atoms with Crippen LogP contribution in [0.25, 0.3) is 0 Å². The molecule has 2 aromatic rings. The van der Waals surface area contributed by atoms with Crippen LogP contribution in [-0.4, -0.2) is 13.4 Å². The van der Waals surface area contributed by atoms with Gasteiger partial charge in [0.25, 0.3) is 10.0 Å². The molecule has 1 heterocycles. The van der Waals surface area contributed by atoms with Crippen LogP contribution in [0.5, 0.6) is 0 Å². The van der Waals surface area contributed by atoms with Crippen LogP contribution in [-0.2, 0) is 10.0 Å². The predicted molar refractivity (Wildman–Crippen MR) is 78.3 cm³/mol. The molecule has 2 rings (SSSR count). The molecule has 0 spiro atoms. The third kappa shape index (κ3) is 2.91. The predicted octanol–water partition coefficient (Wildman–Crippen LogP) is 2.67. The number of halogens is 2. The van der Waals surface area contributed by atoms with Crippen LogP contribution in [0.15, 0.2) is 40.0 Å². The van der Waals surface area contributed by atoms with Crippen molar-refractivity contribution in [3.8, 4) is 0 Å². The Morgan fingerprint density at radius 3 is 2.75 bits per heavy atom. The molecule has 1 aromatic heterocycles. The van der Waals surface area contributed by atoms with Gasteiger partial charge in [-0.15, -0.1) is 0 Å². The van der Waals surface area contributed by atoms with E-state index in [2.05, 4.69) is 25.6 Å². The van der Waals surface area contributed by atoms with Crippen LogP contribution in [0.3, 0.4) is 0 Å². The van der Waals surface area contributed by atoms with Crippen molar-refractivity contribution in [2.75, 3.05) is 10.5 Å². The second-order valence-corrected chi connectivity index (χ2v) is 6.54. The largest absolute Gasteiger partial charge is 0.398 e. The number of nitrogens with one attached hydrogen (secondary N) is 1. The molecule has 0 saturated carbocycles. The lowest BCUT2D eigenvalue weighted by Gasteiger charge is -2.11. The Morgan fingerprint density at radius 1 is 1.40 bits per heavy atom. The standard InChI is InChI=1S/C12H11BrFN3O2S/c1-7-5-8(13)11(6-10(7)15)17-20(18,19)12-9(14)3-2-4-16-12/h2-6,17H,15H2,1H3. The van der Waals surface area contributed by atoms with Gasteiger partial charge in [-0.3, -0.25) is 4.72 Å². The lowest BCUT2D eigenvalue weighted by atomic mass is 10.2. The molecular formula is C12H11BrFN3O2S. The third-order valence-electron chi connectivity index (χ3n) is 2.58. The van der Waals surface area contributed by atoms with Gasteiger partial charge in [0.15, 0.2) is 5.82 Å². The van der Waals surface area contributed by atoms with Gasteiger partial charge in [-0.25, -0.2) is 9.37 Å². The Morgan fingerprint density at radius 2 is 2.10 bits per heavy atom. The molecule has 0 aliphatic heterocycles. The van der Waals surface area contributed by atoms with Gasteiger partial charge in [-0.1, -0.05) is 0 Å². The number of benzene rings is 1. The zero-order valence-electron chi connectivity index (χ0n) is 10.4. The Hall–Kier alpha value is -1.67. The molecule has 3 N–H and O–H groups in total. The Labute approximate surface area is 124 Å². The fourth-order valence-electron chi connectivity index (χ4n) is 1.53. The molecule has 0 radical (unpaired) electrons. The maximum atomic E-state index is 13.5.